The van der Waals surface area contributed by atoms with Crippen LogP contribution in [0.1, 0.15) is 16.1 Å². The Morgan fingerprint density at radius 2 is 1.90 bits per heavy atom. The molecule has 0 saturated carbocycles. The first-order valence-corrected chi connectivity index (χ1v) is 5.62. The van der Waals surface area contributed by atoms with Crippen molar-refractivity contribution in [2.45, 2.75) is 6.18 Å². The first kappa shape index (κ1) is 14.0. The zero-order valence-corrected chi connectivity index (χ0v) is 10.4. The molecular weight excluding hydrogens is 271 g/mol. The number of aromatic nitrogens is 1. The number of alkyl halides is 3. The van der Waals surface area contributed by atoms with Crippen molar-refractivity contribution in [3.05, 3.63) is 47.8 Å². The fraction of sp³-hybridized carbons (Fsp3) is 0.143. The second kappa shape index (κ2) is 5.32. The van der Waals surface area contributed by atoms with Crippen LogP contribution in [0.15, 0.2) is 36.5 Å². The van der Waals surface area contributed by atoms with Crippen molar-refractivity contribution in [3.8, 4) is 16.9 Å². The normalized spacial score (nSPS) is 11.2. The summed E-state index contributed by atoms with van der Waals surface area (Å²) in [6, 6.07) is 6.92. The van der Waals surface area contributed by atoms with Gasteiger partial charge in [-0.25, -0.2) is 0 Å². The molecule has 0 aliphatic rings. The van der Waals surface area contributed by atoms with Gasteiger partial charge in [0, 0.05) is 17.3 Å². The predicted octanol–water partition coefficient (Wildman–Crippen LogP) is 3.59. The number of carbonyl (C=O) groups excluding carboxylic acids is 1. The van der Waals surface area contributed by atoms with Crippen molar-refractivity contribution in [2.75, 3.05) is 7.11 Å². The Labute approximate surface area is 113 Å². The molecule has 1 heterocycles. The monoisotopic (exact) mass is 281 g/mol. The Balaban J connectivity index is 2.43. The summed E-state index contributed by atoms with van der Waals surface area (Å²) in [4.78, 5) is 14.2. The highest BCUT2D eigenvalue weighted by Gasteiger charge is 2.32. The van der Waals surface area contributed by atoms with Gasteiger partial charge in [-0.15, -0.1) is 0 Å². The molecule has 20 heavy (non-hydrogen) atoms. The number of aldehydes is 1. The van der Waals surface area contributed by atoms with Gasteiger partial charge in [0.15, 0.2) is 0 Å². The number of hydrogen-bond donors (Lipinski definition) is 0. The fourth-order valence-corrected chi connectivity index (χ4v) is 1.71. The van der Waals surface area contributed by atoms with Crippen LogP contribution >= 0.6 is 0 Å². The number of benzene rings is 1. The highest BCUT2D eigenvalue weighted by atomic mass is 19.4. The van der Waals surface area contributed by atoms with E-state index in [4.69, 9.17) is 4.74 Å². The maximum Gasteiger partial charge on any atom is 0.433 e. The topological polar surface area (TPSA) is 39.2 Å². The summed E-state index contributed by atoms with van der Waals surface area (Å²) < 4.78 is 42.3. The summed E-state index contributed by atoms with van der Waals surface area (Å²) in [7, 11) is 1.44. The number of ether oxygens (including phenoxy) is 1. The summed E-state index contributed by atoms with van der Waals surface area (Å²) in [5.41, 5.74) is 0.451. The van der Waals surface area contributed by atoms with Gasteiger partial charge in [-0.1, -0.05) is 6.07 Å². The zero-order chi connectivity index (χ0) is 14.8. The summed E-state index contributed by atoms with van der Waals surface area (Å²) in [6.45, 7) is 0. The molecule has 1 aromatic carbocycles. The van der Waals surface area contributed by atoms with Crippen molar-refractivity contribution in [1.29, 1.82) is 0 Å². The molecule has 0 unspecified atom stereocenters. The van der Waals surface area contributed by atoms with Gasteiger partial charge < -0.3 is 4.74 Å². The van der Waals surface area contributed by atoms with Crippen LogP contribution < -0.4 is 4.74 Å². The highest BCUT2D eigenvalue weighted by molar-refractivity contribution is 5.80. The Morgan fingerprint density at radius 1 is 1.15 bits per heavy atom. The molecule has 6 heteroatoms. The van der Waals surface area contributed by atoms with Crippen LogP contribution in [0.4, 0.5) is 13.2 Å². The van der Waals surface area contributed by atoms with Gasteiger partial charge in [0.25, 0.3) is 0 Å². The van der Waals surface area contributed by atoms with E-state index in [1.807, 2.05) is 0 Å². The molecule has 0 radical (unpaired) electrons. The van der Waals surface area contributed by atoms with E-state index in [1.54, 1.807) is 12.1 Å². The molecule has 0 fully saturated rings. The van der Waals surface area contributed by atoms with E-state index in [9.17, 15) is 18.0 Å². The molecule has 0 spiro atoms. The lowest BCUT2D eigenvalue weighted by Gasteiger charge is -2.08. The van der Waals surface area contributed by atoms with Crippen molar-refractivity contribution in [3.63, 3.8) is 0 Å². The van der Waals surface area contributed by atoms with E-state index in [1.165, 1.54) is 19.2 Å². The molecule has 2 rings (SSSR count). The molecule has 1 aromatic heterocycles. The van der Waals surface area contributed by atoms with Crippen LogP contribution in [0.25, 0.3) is 11.1 Å². The average Bonchev–Trinajstić information content (AvgIpc) is 2.46. The van der Waals surface area contributed by atoms with Crippen molar-refractivity contribution >= 4 is 6.29 Å². The third-order valence-corrected chi connectivity index (χ3v) is 2.69. The Morgan fingerprint density at radius 3 is 2.40 bits per heavy atom. The van der Waals surface area contributed by atoms with Gasteiger partial charge in [0.1, 0.15) is 17.7 Å². The number of carbonyl (C=O) groups is 1. The maximum absolute atomic E-state index is 12.4. The molecule has 0 saturated heterocycles. The third kappa shape index (κ3) is 2.96. The SMILES string of the molecule is COc1cc(C=O)cc(-c2ccc(C(F)(F)F)nc2)c1. The van der Waals surface area contributed by atoms with Gasteiger partial charge in [0.05, 0.1) is 7.11 Å². The Hall–Kier alpha value is -2.37. The lowest BCUT2D eigenvalue weighted by molar-refractivity contribution is -0.141. The van der Waals surface area contributed by atoms with E-state index in [0.29, 0.717) is 28.7 Å². The Bertz CT molecular complexity index is 621. The first-order valence-electron chi connectivity index (χ1n) is 5.62. The van der Waals surface area contributed by atoms with Crippen molar-refractivity contribution in [2.24, 2.45) is 0 Å². The molecule has 0 bridgehead atoms. The third-order valence-electron chi connectivity index (χ3n) is 2.69. The maximum atomic E-state index is 12.4. The van der Waals surface area contributed by atoms with Gasteiger partial charge in [-0.3, -0.25) is 9.78 Å². The van der Waals surface area contributed by atoms with E-state index >= 15 is 0 Å². The van der Waals surface area contributed by atoms with E-state index in [0.717, 1.165) is 12.3 Å². The average molecular weight is 281 g/mol. The van der Waals surface area contributed by atoms with Crippen LogP contribution in [0.5, 0.6) is 5.75 Å². The number of methoxy groups -OCH3 is 1. The smallest absolute Gasteiger partial charge is 0.433 e. The minimum atomic E-state index is -4.47. The first-order chi connectivity index (χ1) is 9.44. The number of pyridine rings is 1. The quantitative estimate of drug-likeness (QED) is 0.807. The van der Waals surface area contributed by atoms with Crippen LogP contribution in [-0.4, -0.2) is 18.4 Å². The molecule has 0 atom stereocenters. The molecule has 3 nitrogen and oxygen atoms in total. The minimum Gasteiger partial charge on any atom is -0.497 e. The second-order valence-electron chi connectivity index (χ2n) is 4.04. The van der Waals surface area contributed by atoms with Gasteiger partial charge >= 0.3 is 6.18 Å². The standard InChI is InChI=1S/C14H10F3NO2/c1-20-12-5-9(8-19)4-11(6-12)10-2-3-13(18-7-10)14(15,16)17/h2-8H,1H3. The van der Waals surface area contributed by atoms with E-state index < -0.39 is 11.9 Å². The van der Waals surface area contributed by atoms with Gasteiger partial charge in [0.2, 0.25) is 0 Å². The fourth-order valence-electron chi connectivity index (χ4n) is 1.71. The largest absolute Gasteiger partial charge is 0.497 e. The molecule has 0 aliphatic heterocycles. The summed E-state index contributed by atoms with van der Waals surface area (Å²) in [5, 5.41) is 0. The second-order valence-corrected chi connectivity index (χ2v) is 4.04. The zero-order valence-electron chi connectivity index (χ0n) is 10.4. The molecule has 104 valence electrons. The van der Waals surface area contributed by atoms with Crippen LogP contribution in [0.3, 0.4) is 0 Å². The van der Waals surface area contributed by atoms with E-state index in [-0.39, 0.29) is 0 Å². The number of nitrogens with zero attached hydrogens (tertiary/aromatic N) is 1. The van der Waals surface area contributed by atoms with Crippen LogP contribution in [0, 0.1) is 0 Å². The number of rotatable bonds is 3. The number of hydrogen-bond acceptors (Lipinski definition) is 3. The van der Waals surface area contributed by atoms with E-state index in [2.05, 4.69) is 4.98 Å². The van der Waals surface area contributed by atoms with Gasteiger partial charge in [-0.05, 0) is 29.8 Å². The summed E-state index contributed by atoms with van der Waals surface area (Å²) in [5.74, 6) is 0.449. The molecule has 0 N–H and O–H groups in total. The van der Waals surface area contributed by atoms with Crippen LogP contribution in [0.2, 0.25) is 0 Å². The highest BCUT2D eigenvalue weighted by Crippen LogP contribution is 2.30. The number of halogens is 3. The molecule has 0 amide bonds. The summed E-state index contributed by atoms with van der Waals surface area (Å²) in [6.07, 6.45) is -2.71. The molecule has 2 aromatic rings. The van der Waals surface area contributed by atoms with Gasteiger partial charge in [-0.2, -0.15) is 13.2 Å². The predicted molar refractivity (Wildman–Crippen MR) is 66.6 cm³/mol. The lowest BCUT2D eigenvalue weighted by Crippen LogP contribution is -2.07. The Kier molecular flexibility index (Phi) is 3.74. The lowest BCUT2D eigenvalue weighted by atomic mass is 10.0. The molecular formula is C14H10F3NO2. The molecule has 0 aliphatic carbocycles. The minimum absolute atomic E-state index is 0.374. The summed E-state index contributed by atoms with van der Waals surface area (Å²) >= 11 is 0. The van der Waals surface area contributed by atoms with Crippen molar-refractivity contribution in [1.82, 2.24) is 4.98 Å². The van der Waals surface area contributed by atoms with Crippen LogP contribution in [-0.2, 0) is 6.18 Å². The van der Waals surface area contributed by atoms with Crippen molar-refractivity contribution < 1.29 is 22.7 Å².